The number of aromatic nitrogens is 1. The van der Waals surface area contributed by atoms with E-state index >= 15 is 0 Å². The Kier molecular flexibility index (Phi) is 4.11. The maximum absolute atomic E-state index is 11.8. The standard InChI is InChI=1S/C12H15N3O2S/c1-8(13-2)7-14-12(16)9-6-10(17-15-9)11-4-3-5-18-11/h3-6,8,13H,7H2,1-2H3,(H,14,16). The number of likely N-dealkylation sites (N-methyl/N-ethyl adjacent to an activating group) is 1. The molecule has 2 aromatic heterocycles. The average Bonchev–Trinajstić information content (AvgIpc) is 3.04. The van der Waals surface area contributed by atoms with Crippen LogP contribution in [0.3, 0.4) is 0 Å². The molecule has 0 bridgehead atoms. The minimum Gasteiger partial charge on any atom is -0.355 e. The van der Waals surface area contributed by atoms with Gasteiger partial charge in [0, 0.05) is 18.7 Å². The highest BCUT2D eigenvalue weighted by Crippen LogP contribution is 2.24. The summed E-state index contributed by atoms with van der Waals surface area (Å²) in [7, 11) is 1.85. The van der Waals surface area contributed by atoms with Crippen molar-refractivity contribution in [1.29, 1.82) is 0 Å². The fraction of sp³-hybridized carbons (Fsp3) is 0.333. The first-order valence-corrected chi connectivity index (χ1v) is 6.54. The maximum atomic E-state index is 11.8. The zero-order valence-electron chi connectivity index (χ0n) is 10.3. The van der Waals surface area contributed by atoms with Gasteiger partial charge in [0.15, 0.2) is 11.5 Å². The fourth-order valence-corrected chi connectivity index (χ4v) is 2.03. The molecule has 0 aromatic carbocycles. The Bertz CT molecular complexity index is 507. The zero-order chi connectivity index (χ0) is 13.0. The fourth-order valence-electron chi connectivity index (χ4n) is 1.36. The molecule has 1 amide bonds. The van der Waals surface area contributed by atoms with Crippen molar-refractivity contribution in [3.8, 4) is 10.6 Å². The van der Waals surface area contributed by atoms with Gasteiger partial charge < -0.3 is 15.2 Å². The number of nitrogens with zero attached hydrogens (tertiary/aromatic N) is 1. The lowest BCUT2D eigenvalue weighted by molar-refractivity contribution is 0.0941. The Balaban J connectivity index is 1.99. The molecule has 0 aliphatic heterocycles. The molecule has 6 heteroatoms. The predicted molar refractivity (Wildman–Crippen MR) is 70.7 cm³/mol. The molecule has 1 atom stereocenters. The lowest BCUT2D eigenvalue weighted by atomic mass is 10.3. The van der Waals surface area contributed by atoms with Crippen molar-refractivity contribution in [2.45, 2.75) is 13.0 Å². The van der Waals surface area contributed by atoms with Crippen LogP contribution >= 0.6 is 11.3 Å². The van der Waals surface area contributed by atoms with Crippen LogP contribution < -0.4 is 10.6 Å². The van der Waals surface area contributed by atoms with Crippen molar-refractivity contribution >= 4 is 17.2 Å². The van der Waals surface area contributed by atoms with Gasteiger partial charge >= 0.3 is 0 Å². The Morgan fingerprint density at radius 1 is 1.61 bits per heavy atom. The number of thiophene rings is 1. The van der Waals surface area contributed by atoms with Crippen LogP contribution in [0.1, 0.15) is 17.4 Å². The summed E-state index contributed by atoms with van der Waals surface area (Å²) in [6.45, 7) is 2.54. The zero-order valence-corrected chi connectivity index (χ0v) is 11.1. The van der Waals surface area contributed by atoms with Gasteiger partial charge in [0.25, 0.3) is 5.91 Å². The summed E-state index contributed by atoms with van der Waals surface area (Å²) < 4.78 is 5.15. The Morgan fingerprint density at radius 2 is 2.44 bits per heavy atom. The van der Waals surface area contributed by atoms with Crippen molar-refractivity contribution in [3.63, 3.8) is 0 Å². The first-order valence-electron chi connectivity index (χ1n) is 5.66. The molecule has 0 saturated carbocycles. The number of amides is 1. The Labute approximate surface area is 109 Å². The summed E-state index contributed by atoms with van der Waals surface area (Å²) >= 11 is 1.55. The topological polar surface area (TPSA) is 67.2 Å². The van der Waals surface area contributed by atoms with Gasteiger partial charge in [0.1, 0.15) is 0 Å². The number of carbonyl (C=O) groups excluding carboxylic acids is 1. The Hall–Kier alpha value is -1.66. The molecule has 18 heavy (non-hydrogen) atoms. The molecule has 0 aliphatic rings. The third-order valence-electron chi connectivity index (χ3n) is 2.57. The first-order chi connectivity index (χ1) is 8.70. The van der Waals surface area contributed by atoms with Gasteiger partial charge in [-0.15, -0.1) is 11.3 Å². The van der Waals surface area contributed by atoms with E-state index < -0.39 is 0 Å². The van der Waals surface area contributed by atoms with Gasteiger partial charge in [-0.3, -0.25) is 4.79 Å². The first kappa shape index (κ1) is 12.8. The normalized spacial score (nSPS) is 12.3. The summed E-state index contributed by atoms with van der Waals surface area (Å²) in [6, 6.07) is 5.73. The molecule has 2 N–H and O–H groups in total. The molecule has 2 aromatic rings. The third-order valence-corrected chi connectivity index (χ3v) is 3.45. The van der Waals surface area contributed by atoms with Crippen LogP contribution in [0, 0.1) is 0 Å². The SMILES string of the molecule is CNC(C)CNC(=O)c1cc(-c2cccs2)on1. The molecule has 0 spiro atoms. The van der Waals surface area contributed by atoms with E-state index in [2.05, 4.69) is 15.8 Å². The molecule has 1 unspecified atom stereocenters. The second-order valence-electron chi connectivity index (χ2n) is 3.95. The highest BCUT2D eigenvalue weighted by atomic mass is 32.1. The van der Waals surface area contributed by atoms with Gasteiger partial charge in [0.05, 0.1) is 4.88 Å². The quantitative estimate of drug-likeness (QED) is 0.864. The van der Waals surface area contributed by atoms with E-state index in [-0.39, 0.29) is 11.9 Å². The molecule has 96 valence electrons. The van der Waals surface area contributed by atoms with Gasteiger partial charge in [-0.1, -0.05) is 11.2 Å². The largest absolute Gasteiger partial charge is 0.355 e. The van der Waals surface area contributed by atoms with Crippen LogP contribution in [0.5, 0.6) is 0 Å². The van der Waals surface area contributed by atoms with Crippen molar-refractivity contribution in [2.24, 2.45) is 0 Å². The highest BCUT2D eigenvalue weighted by molar-refractivity contribution is 7.13. The van der Waals surface area contributed by atoms with Crippen LogP contribution in [0.4, 0.5) is 0 Å². The molecular formula is C12H15N3O2S. The van der Waals surface area contributed by atoms with Gasteiger partial charge in [0.2, 0.25) is 0 Å². The second kappa shape index (κ2) is 5.79. The van der Waals surface area contributed by atoms with Crippen LogP contribution in [-0.4, -0.2) is 30.7 Å². The molecule has 0 aliphatic carbocycles. The van der Waals surface area contributed by atoms with Crippen molar-refractivity contribution in [3.05, 3.63) is 29.3 Å². The van der Waals surface area contributed by atoms with E-state index in [4.69, 9.17) is 4.52 Å². The van der Waals surface area contributed by atoms with Crippen LogP contribution in [0.15, 0.2) is 28.1 Å². The average molecular weight is 265 g/mol. The number of carbonyl (C=O) groups is 1. The smallest absolute Gasteiger partial charge is 0.273 e. The summed E-state index contributed by atoms with van der Waals surface area (Å²) in [5.41, 5.74) is 0.307. The number of rotatable bonds is 5. The van der Waals surface area contributed by atoms with Crippen LogP contribution in [-0.2, 0) is 0 Å². The third kappa shape index (κ3) is 2.96. The van der Waals surface area contributed by atoms with Gasteiger partial charge in [-0.2, -0.15) is 0 Å². The monoisotopic (exact) mass is 265 g/mol. The van der Waals surface area contributed by atoms with E-state index in [0.29, 0.717) is 18.0 Å². The summed E-state index contributed by atoms with van der Waals surface area (Å²) in [6.07, 6.45) is 0. The van der Waals surface area contributed by atoms with Crippen molar-refractivity contribution in [1.82, 2.24) is 15.8 Å². The summed E-state index contributed by atoms with van der Waals surface area (Å²) in [5.74, 6) is 0.403. The Morgan fingerprint density at radius 3 is 3.11 bits per heavy atom. The van der Waals surface area contributed by atoms with Gasteiger partial charge in [-0.25, -0.2) is 0 Å². The molecule has 0 radical (unpaired) electrons. The summed E-state index contributed by atoms with van der Waals surface area (Å²) in [5, 5.41) is 11.6. The van der Waals surface area contributed by atoms with E-state index in [1.54, 1.807) is 17.4 Å². The molecule has 5 nitrogen and oxygen atoms in total. The highest BCUT2D eigenvalue weighted by Gasteiger charge is 2.14. The predicted octanol–water partition coefficient (Wildman–Crippen LogP) is 1.74. The molecule has 2 heterocycles. The van der Waals surface area contributed by atoms with Gasteiger partial charge in [-0.05, 0) is 25.4 Å². The van der Waals surface area contributed by atoms with E-state index in [1.165, 1.54) is 0 Å². The number of nitrogens with one attached hydrogen (secondary N) is 2. The number of hydrogen-bond donors (Lipinski definition) is 2. The second-order valence-corrected chi connectivity index (χ2v) is 4.90. The molecule has 2 rings (SSSR count). The number of hydrogen-bond acceptors (Lipinski definition) is 5. The lowest BCUT2D eigenvalue weighted by Gasteiger charge is -2.09. The van der Waals surface area contributed by atoms with E-state index in [1.807, 2.05) is 31.5 Å². The molecular weight excluding hydrogens is 250 g/mol. The van der Waals surface area contributed by atoms with Crippen LogP contribution in [0.25, 0.3) is 10.6 Å². The van der Waals surface area contributed by atoms with Crippen molar-refractivity contribution < 1.29 is 9.32 Å². The molecule has 0 fully saturated rings. The summed E-state index contributed by atoms with van der Waals surface area (Å²) in [4.78, 5) is 12.8. The molecule has 0 saturated heterocycles. The van der Waals surface area contributed by atoms with Crippen LogP contribution in [0.2, 0.25) is 0 Å². The minimum absolute atomic E-state index is 0.219. The minimum atomic E-state index is -0.219. The van der Waals surface area contributed by atoms with E-state index in [9.17, 15) is 4.79 Å². The van der Waals surface area contributed by atoms with Crippen molar-refractivity contribution in [2.75, 3.05) is 13.6 Å². The van der Waals surface area contributed by atoms with E-state index in [0.717, 1.165) is 4.88 Å². The maximum Gasteiger partial charge on any atom is 0.273 e. The lowest BCUT2D eigenvalue weighted by Crippen LogP contribution is -2.37.